The SMILES string of the molecule is CC(N)CCC(=O)NCCN. The first-order chi connectivity index (χ1) is 5.16. The second-order valence-electron chi connectivity index (χ2n) is 2.65. The van der Waals surface area contributed by atoms with Gasteiger partial charge in [-0.2, -0.15) is 0 Å². The highest BCUT2D eigenvalue weighted by molar-refractivity contribution is 5.75. The van der Waals surface area contributed by atoms with Gasteiger partial charge in [0.2, 0.25) is 5.91 Å². The third-order valence-corrected chi connectivity index (χ3v) is 1.29. The fraction of sp³-hybridized carbons (Fsp3) is 0.857. The molecule has 0 aliphatic carbocycles. The van der Waals surface area contributed by atoms with E-state index in [0.29, 0.717) is 19.5 Å². The van der Waals surface area contributed by atoms with Crippen molar-refractivity contribution in [3.05, 3.63) is 0 Å². The van der Waals surface area contributed by atoms with Crippen molar-refractivity contribution < 1.29 is 4.79 Å². The van der Waals surface area contributed by atoms with Crippen LogP contribution in [0.3, 0.4) is 0 Å². The number of carbonyl (C=O) groups excluding carboxylic acids is 1. The lowest BCUT2D eigenvalue weighted by molar-refractivity contribution is -0.121. The molecule has 0 aliphatic heterocycles. The fourth-order valence-corrected chi connectivity index (χ4v) is 0.659. The van der Waals surface area contributed by atoms with Gasteiger partial charge < -0.3 is 16.8 Å². The molecule has 0 rings (SSSR count). The summed E-state index contributed by atoms with van der Waals surface area (Å²) in [5, 5.41) is 2.67. The van der Waals surface area contributed by atoms with Crippen LogP contribution >= 0.6 is 0 Å². The molecule has 0 aromatic rings. The van der Waals surface area contributed by atoms with E-state index < -0.39 is 0 Å². The molecule has 0 aromatic heterocycles. The van der Waals surface area contributed by atoms with Gasteiger partial charge in [-0.3, -0.25) is 4.79 Å². The molecule has 0 aliphatic rings. The molecule has 66 valence electrons. The Balaban J connectivity index is 3.23. The Morgan fingerprint density at radius 1 is 1.64 bits per heavy atom. The standard InChI is InChI=1S/C7H17N3O/c1-6(9)2-3-7(11)10-5-4-8/h6H,2-5,8-9H2,1H3,(H,10,11). The topological polar surface area (TPSA) is 81.1 Å². The molecular formula is C7H17N3O. The molecule has 0 saturated heterocycles. The van der Waals surface area contributed by atoms with E-state index in [-0.39, 0.29) is 11.9 Å². The molecular weight excluding hydrogens is 142 g/mol. The minimum atomic E-state index is 0.0350. The monoisotopic (exact) mass is 159 g/mol. The van der Waals surface area contributed by atoms with E-state index >= 15 is 0 Å². The number of hydrogen-bond donors (Lipinski definition) is 3. The number of hydrogen-bond acceptors (Lipinski definition) is 3. The molecule has 1 amide bonds. The van der Waals surface area contributed by atoms with Gasteiger partial charge in [-0.1, -0.05) is 0 Å². The van der Waals surface area contributed by atoms with Crippen molar-refractivity contribution in [2.24, 2.45) is 11.5 Å². The lowest BCUT2D eigenvalue weighted by Crippen LogP contribution is -2.30. The van der Waals surface area contributed by atoms with Crippen molar-refractivity contribution in [3.8, 4) is 0 Å². The lowest BCUT2D eigenvalue weighted by Gasteiger charge is -2.04. The van der Waals surface area contributed by atoms with Crippen LogP contribution in [-0.4, -0.2) is 25.0 Å². The molecule has 1 atom stereocenters. The summed E-state index contributed by atoms with van der Waals surface area (Å²) in [7, 11) is 0. The van der Waals surface area contributed by atoms with E-state index in [2.05, 4.69) is 5.32 Å². The maximum atomic E-state index is 10.9. The first kappa shape index (κ1) is 10.4. The summed E-state index contributed by atoms with van der Waals surface area (Å²) in [4.78, 5) is 10.9. The third kappa shape index (κ3) is 7.29. The molecule has 1 unspecified atom stereocenters. The van der Waals surface area contributed by atoms with Gasteiger partial charge in [0.1, 0.15) is 0 Å². The van der Waals surface area contributed by atoms with Gasteiger partial charge >= 0.3 is 0 Å². The van der Waals surface area contributed by atoms with Crippen molar-refractivity contribution in [1.29, 1.82) is 0 Å². The highest BCUT2D eigenvalue weighted by atomic mass is 16.1. The van der Waals surface area contributed by atoms with Crippen LogP contribution in [0.2, 0.25) is 0 Å². The Morgan fingerprint density at radius 3 is 2.73 bits per heavy atom. The lowest BCUT2D eigenvalue weighted by atomic mass is 10.2. The summed E-state index contributed by atoms with van der Waals surface area (Å²) in [6.07, 6.45) is 1.23. The normalized spacial score (nSPS) is 12.6. The maximum absolute atomic E-state index is 10.9. The van der Waals surface area contributed by atoms with Gasteiger partial charge in [-0.15, -0.1) is 0 Å². The van der Waals surface area contributed by atoms with Crippen molar-refractivity contribution >= 4 is 5.91 Å². The van der Waals surface area contributed by atoms with Crippen LogP contribution in [0, 0.1) is 0 Å². The highest BCUT2D eigenvalue weighted by Crippen LogP contribution is 1.91. The number of amides is 1. The fourth-order valence-electron chi connectivity index (χ4n) is 0.659. The Hall–Kier alpha value is -0.610. The van der Waals surface area contributed by atoms with Crippen LogP contribution in [-0.2, 0) is 4.79 Å². The Kier molecular flexibility index (Phi) is 5.78. The molecule has 0 aromatic carbocycles. The largest absolute Gasteiger partial charge is 0.355 e. The number of nitrogens with one attached hydrogen (secondary N) is 1. The van der Waals surface area contributed by atoms with Crippen molar-refractivity contribution in [2.75, 3.05) is 13.1 Å². The number of rotatable bonds is 5. The van der Waals surface area contributed by atoms with Crippen LogP contribution in [0.1, 0.15) is 19.8 Å². The first-order valence-electron chi connectivity index (χ1n) is 3.89. The van der Waals surface area contributed by atoms with Crippen LogP contribution < -0.4 is 16.8 Å². The first-order valence-corrected chi connectivity index (χ1v) is 3.89. The molecule has 0 radical (unpaired) electrons. The summed E-state index contributed by atoms with van der Waals surface area (Å²) in [6, 6.07) is 0.0960. The molecule has 0 bridgehead atoms. The van der Waals surface area contributed by atoms with Crippen molar-refractivity contribution in [2.45, 2.75) is 25.8 Å². The molecule has 5 N–H and O–H groups in total. The Morgan fingerprint density at radius 2 is 2.27 bits per heavy atom. The molecule has 0 heterocycles. The van der Waals surface area contributed by atoms with Gasteiger partial charge in [-0.05, 0) is 13.3 Å². The van der Waals surface area contributed by atoms with Crippen LogP contribution in [0.5, 0.6) is 0 Å². The minimum Gasteiger partial charge on any atom is -0.355 e. The van der Waals surface area contributed by atoms with Gasteiger partial charge in [0.25, 0.3) is 0 Å². The molecule has 0 fully saturated rings. The second-order valence-corrected chi connectivity index (χ2v) is 2.65. The molecule has 0 spiro atoms. The van der Waals surface area contributed by atoms with Crippen LogP contribution in [0.25, 0.3) is 0 Å². The third-order valence-electron chi connectivity index (χ3n) is 1.29. The van der Waals surface area contributed by atoms with Gasteiger partial charge in [0.05, 0.1) is 0 Å². The molecule has 4 nitrogen and oxygen atoms in total. The highest BCUT2D eigenvalue weighted by Gasteiger charge is 2.01. The second kappa shape index (κ2) is 6.12. The number of nitrogens with two attached hydrogens (primary N) is 2. The van der Waals surface area contributed by atoms with Crippen molar-refractivity contribution in [3.63, 3.8) is 0 Å². The van der Waals surface area contributed by atoms with Crippen LogP contribution in [0.15, 0.2) is 0 Å². The quantitative estimate of drug-likeness (QED) is 0.490. The van der Waals surface area contributed by atoms with Crippen LogP contribution in [0.4, 0.5) is 0 Å². The van der Waals surface area contributed by atoms with E-state index in [1.54, 1.807) is 0 Å². The average Bonchev–Trinajstić information content (AvgIpc) is 1.97. The molecule has 0 saturated carbocycles. The van der Waals surface area contributed by atoms with Crippen molar-refractivity contribution in [1.82, 2.24) is 5.32 Å². The predicted octanol–water partition coefficient (Wildman–Crippen LogP) is -0.811. The predicted molar refractivity (Wildman–Crippen MR) is 44.9 cm³/mol. The average molecular weight is 159 g/mol. The maximum Gasteiger partial charge on any atom is 0.220 e. The Bertz CT molecular complexity index is 114. The smallest absolute Gasteiger partial charge is 0.220 e. The molecule has 11 heavy (non-hydrogen) atoms. The summed E-state index contributed by atoms with van der Waals surface area (Å²) < 4.78 is 0. The summed E-state index contributed by atoms with van der Waals surface area (Å²) in [5.74, 6) is 0.0350. The summed E-state index contributed by atoms with van der Waals surface area (Å²) >= 11 is 0. The van der Waals surface area contributed by atoms with E-state index in [9.17, 15) is 4.79 Å². The zero-order valence-corrected chi connectivity index (χ0v) is 6.97. The van der Waals surface area contributed by atoms with Gasteiger partial charge in [0, 0.05) is 25.6 Å². The summed E-state index contributed by atoms with van der Waals surface area (Å²) in [5.41, 5.74) is 10.7. The summed E-state index contributed by atoms with van der Waals surface area (Å²) in [6.45, 7) is 2.93. The van der Waals surface area contributed by atoms with E-state index in [0.717, 1.165) is 6.42 Å². The zero-order valence-electron chi connectivity index (χ0n) is 6.97. The molecule has 4 heteroatoms. The zero-order chi connectivity index (χ0) is 8.69. The van der Waals surface area contributed by atoms with Gasteiger partial charge in [-0.25, -0.2) is 0 Å². The minimum absolute atomic E-state index is 0.0350. The van der Waals surface area contributed by atoms with Gasteiger partial charge in [0.15, 0.2) is 0 Å². The number of carbonyl (C=O) groups is 1. The Labute approximate surface area is 67.3 Å². The van der Waals surface area contributed by atoms with E-state index in [1.807, 2.05) is 6.92 Å². The van der Waals surface area contributed by atoms with E-state index in [4.69, 9.17) is 11.5 Å². The van der Waals surface area contributed by atoms with E-state index in [1.165, 1.54) is 0 Å².